The van der Waals surface area contributed by atoms with Crippen LogP contribution in [0.15, 0.2) is 18.3 Å². The van der Waals surface area contributed by atoms with E-state index in [1.807, 2.05) is 30.9 Å². The summed E-state index contributed by atoms with van der Waals surface area (Å²) in [5.41, 5.74) is 6.68. The molecule has 19 heavy (non-hydrogen) atoms. The molecular formula is C13H20N4O2. The third-order valence-corrected chi connectivity index (χ3v) is 2.99. The molecule has 1 saturated heterocycles. The van der Waals surface area contributed by atoms with Crippen LogP contribution in [-0.2, 0) is 9.53 Å². The number of carbonyl (C=O) groups excluding carboxylic acids is 1. The van der Waals surface area contributed by atoms with Crippen molar-refractivity contribution in [2.24, 2.45) is 0 Å². The van der Waals surface area contributed by atoms with Crippen molar-refractivity contribution in [2.45, 2.75) is 25.9 Å². The molecule has 1 atom stereocenters. The Kier molecular flexibility index (Phi) is 4.21. The van der Waals surface area contributed by atoms with Gasteiger partial charge < -0.3 is 20.7 Å². The largest absolute Gasteiger partial charge is 0.382 e. The van der Waals surface area contributed by atoms with Crippen LogP contribution in [-0.4, -0.2) is 42.7 Å². The molecule has 1 aliphatic heterocycles. The highest BCUT2D eigenvalue weighted by Gasteiger charge is 2.31. The molecule has 1 amide bonds. The second-order valence-corrected chi connectivity index (χ2v) is 4.86. The number of amides is 1. The average Bonchev–Trinajstić information content (AvgIpc) is 2.38. The van der Waals surface area contributed by atoms with E-state index >= 15 is 0 Å². The second-order valence-electron chi connectivity index (χ2n) is 4.86. The van der Waals surface area contributed by atoms with Gasteiger partial charge in [-0.25, -0.2) is 4.98 Å². The lowest BCUT2D eigenvalue weighted by Crippen LogP contribution is -2.55. The maximum Gasteiger partial charge on any atom is 0.245 e. The smallest absolute Gasteiger partial charge is 0.245 e. The molecule has 6 nitrogen and oxygen atoms in total. The number of anilines is 2. The van der Waals surface area contributed by atoms with Gasteiger partial charge in [-0.1, -0.05) is 0 Å². The van der Waals surface area contributed by atoms with E-state index in [0.29, 0.717) is 25.6 Å². The molecule has 0 spiro atoms. The minimum atomic E-state index is -0.359. The molecule has 3 N–H and O–H groups in total. The van der Waals surface area contributed by atoms with Gasteiger partial charge >= 0.3 is 0 Å². The number of carbonyl (C=O) groups is 1. The van der Waals surface area contributed by atoms with Crippen LogP contribution in [0.25, 0.3) is 0 Å². The van der Waals surface area contributed by atoms with E-state index in [0.717, 1.165) is 5.69 Å². The normalized spacial score (nSPS) is 19.5. The van der Waals surface area contributed by atoms with Crippen LogP contribution in [0.3, 0.4) is 0 Å². The van der Waals surface area contributed by atoms with Crippen molar-refractivity contribution in [3.8, 4) is 0 Å². The van der Waals surface area contributed by atoms with E-state index < -0.39 is 0 Å². The van der Waals surface area contributed by atoms with Crippen LogP contribution in [0.4, 0.5) is 11.5 Å². The van der Waals surface area contributed by atoms with Crippen molar-refractivity contribution in [1.82, 2.24) is 10.3 Å². The fourth-order valence-corrected chi connectivity index (χ4v) is 2.14. The molecule has 2 heterocycles. The number of nitrogen functional groups attached to an aromatic ring is 1. The zero-order valence-electron chi connectivity index (χ0n) is 11.3. The third kappa shape index (κ3) is 3.14. The first-order valence-electron chi connectivity index (χ1n) is 6.45. The Bertz CT molecular complexity index is 450. The Hall–Kier alpha value is -1.82. The lowest BCUT2D eigenvalue weighted by molar-refractivity contribution is -0.125. The summed E-state index contributed by atoms with van der Waals surface area (Å²) in [6, 6.07) is 3.44. The number of pyridine rings is 1. The Labute approximate surface area is 112 Å². The molecule has 1 unspecified atom stereocenters. The molecule has 0 radical (unpaired) electrons. The highest BCUT2D eigenvalue weighted by Crippen LogP contribution is 2.24. The number of ether oxygens (including phenoxy) is 1. The Morgan fingerprint density at radius 1 is 1.63 bits per heavy atom. The minimum Gasteiger partial charge on any atom is -0.382 e. The number of morpholine rings is 1. The Morgan fingerprint density at radius 2 is 2.42 bits per heavy atom. The Morgan fingerprint density at radius 3 is 3.11 bits per heavy atom. The first-order valence-corrected chi connectivity index (χ1v) is 6.45. The van der Waals surface area contributed by atoms with E-state index in [9.17, 15) is 4.79 Å². The van der Waals surface area contributed by atoms with Gasteiger partial charge in [-0.05, 0) is 26.0 Å². The molecule has 0 aromatic carbocycles. The van der Waals surface area contributed by atoms with Gasteiger partial charge in [-0.3, -0.25) is 4.79 Å². The predicted molar refractivity (Wildman–Crippen MR) is 73.9 cm³/mol. The summed E-state index contributed by atoms with van der Waals surface area (Å²) in [5.74, 6) is 0.393. The van der Waals surface area contributed by atoms with Gasteiger partial charge in [0, 0.05) is 18.8 Å². The van der Waals surface area contributed by atoms with Gasteiger partial charge in [0.25, 0.3) is 0 Å². The maximum atomic E-state index is 12.2. The van der Waals surface area contributed by atoms with Crippen molar-refractivity contribution in [2.75, 3.05) is 30.4 Å². The lowest BCUT2D eigenvalue weighted by Gasteiger charge is -2.36. The van der Waals surface area contributed by atoms with Crippen molar-refractivity contribution >= 4 is 17.4 Å². The van der Waals surface area contributed by atoms with Gasteiger partial charge in [0.05, 0.1) is 18.9 Å². The third-order valence-electron chi connectivity index (χ3n) is 2.99. The van der Waals surface area contributed by atoms with Crippen molar-refractivity contribution < 1.29 is 9.53 Å². The molecule has 1 fully saturated rings. The van der Waals surface area contributed by atoms with Crippen molar-refractivity contribution in [3.63, 3.8) is 0 Å². The quantitative estimate of drug-likeness (QED) is 0.825. The highest BCUT2D eigenvalue weighted by atomic mass is 16.5. The number of hydrogen-bond donors (Lipinski definition) is 2. The fourth-order valence-electron chi connectivity index (χ4n) is 2.14. The minimum absolute atomic E-state index is 0.0436. The maximum absolute atomic E-state index is 12.2. The molecule has 2 rings (SSSR count). The Balaban J connectivity index is 2.21. The molecule has 0 bridgehead atoms. The molecule has 0 aliphatic carbocycles. The number of nitrogens with one attached hydrogen (secondary N) is 1. The summed E-state index contributed by atoms with van der Waals surface area (Å²) >= 11 is 0. The average molecular weight is 264 g/mol. The summed E-state index contributed by atoms with van der Waals surface area (Å²) in [4.78, 5) is 18.2. The van der Waals surface area contributed by atoms with Crippen LogP contribution in [0.5, 0.6) is 0 Å². The van der Waals surface area contributed by atoms with Crippen LogP contribution in [0, 0.1) is 0 Å². The van der Waals surface area contributed by atoms with E-state index in [-0.39, 0.29) is 18.0 Å². The zero-order valence-corrected chi connectivity index (χ0v) is 11.3. The van der Waals surface area contributed by atoms with Gasteiger partial charge in [0.15, 0.2) is 0 Å². The van der Waals surface area contributed by atoms with Gasteiger partial charge in [0.2, 0.25) is 5.91 Å². The number of nitrogens with two attached hydrogens (primary N) is 1. The molecule has 0 saturated carbocycles. The first-order chi connectivity index (χ1) is 9.09. The van der Waals surface area contributed by atoms with Crippen LogP contribution in [0.2, 0.25) is 0 Å². The topological polar surface area (TPSA) is 80.5 Å². The summed E-state index contributed by atoms with van der Waals surface area (Å²) in [6.07, 6.45) is 1.64. The zero-order chi connectivity index (χ0) is 13.8. The summed E-state index contributed by atoms with van der Waals surface area (Å²) in [6.45, 7) is 5.45. The summed E-state index contributed by atoms with van der Waals surface area (Å²) < 4.78 is 5.41. The van der Waals surface area contributed by atoms with E-state index in [1.165, 1.54) is 0 Å². The molecule has 1 aromatic heterocycles. The van der Waals surface area contributed by atoms with Crippen molar-refractivity contribution in [1.29, 1.82) is 0 Å². The molecular weight excluding hydrogens is 244 g/mol. The SMILES string of the molecule is CC(C)NC(=O)C1COCCN1c1cccnc1N. The second kappa shape index (κ2) is 5.88. The first kappa shape index (κ1) is 13.6. The molecule has 1 aliphatic rings. The molecule has 6 heteroatoms. The molecule has 104 valence electrons. The number of aromatic nitrogens is 1. The van der Waals surface area contributed by atoms with Crippen LogP contribution in [0.1, 0.15) is 13.8 Å². The molecule has 1 aromatic rings. The highest BCUT2D eigenvalue weighted by molar-refractivity contribution is 5.86. The predicted octanol–water partition coefficient (Wildman–Crippen LogP) is 0.394. The van der Waals surface area contributed by atoms with Gasteiger partial charge in [-0.15, -0.1) is 0 Å². The summed E-state index contributed by atoms with van der Waals surface area (Å²) in [5, 5.41) is 2.91. The van der Waals surface area contributed by atoms with Crippen molar-refractivity contribution in [3.05, 3.63) is 18.3 Å². The number of nitrogens with zero attached hydrogens (tertiary/aromatic N) is 2. The van der Waals surface area contributed by atoms with E-state index in [2.05, 4.69) is 10.3 Å². The van der Waals surface area contributed by atoms with Gasteiger partial charge in [-0.2, -0.15) is 0 Å². The van der Waals surface area contributed by atoms with Crippen LogP contribution >= 0.6 is 0 Å². The van der Waals surface area contributed by atoms with Crippen LogP contribution < -0.4 is 16.0 Å². The monoisotopic (exact) mass is 264 g/mol. The fraction of sp³-hybridized carbons (Fsp3) is 0.538. The summed E-state index contributed by atoms with van der Waals surface area (Å²) in [7, 11) is 0. The van der Waals surface area contributed by atoms with E-state index in [1.54, 1.807) is 6.20 Å². The standard InChI is InChI=1S/C13H20N4O2/c1-9(2)16-13(18)11-8-19-7-6-17(11)10-4-3-5-15-12(10)14/h3-5,9,11H,6-8H2,1-2H3,(H2,14,15)(H,16,18). The van der Waals surface area contributed by atoms with Gasteiger partial charge in [0.1, 0.15) is 11.9 Å². The van der Waals surface area contributed by atoms with E-state index in [4.69, 9.17) is 10.5 Å². The lowest BCUT2D eigenvalue weighted by atomic mass is 10.1. The number of hydrogen-bond acceptors (Lipinski definition) is 5. The number of rotatable bonds is 3.